The number of hydrogen-bond acceptors (Lipinski definition) is 1. The smallest absolute Gasteiger partial charge is 0.184 e. The second-order valence-corrected chi connectivity index (χ2v) is 6.13. The zero-order valence-corrected chi connectivity index (χ0v) is 10.6. The molecule has 0 spiro atoms. The summed E-state index contributed by atoms with van der Waals surface area (Å²) in [6.07, 6.45) is 3.27. The zero-order chi connectivity index (χ0) is 11.9. The van der Waals surface area contributed by atoms with Crippen LogP contribution in [-0.2, 0) is 10.8 Å². The van der Waals surface area contributed by atoms with Crippen molar-refractivity contribution in [1.82, 2.24) is 0 Å². The van der Waals surface area contributed by atoms with E-state index in [1.165, 1.54) is 5.56 Å². The lowest BCUT2D eigenvalue weighted by Crippen LogP contribution is -2.32. The van der Waals surface area contributed by atoms with Crippen molar-refractivity contribution in [2.45, 2.75) is 52.4 Å². The Morgan fingerprint density at radius 1 is 0.933 bits per heavy atom. The predicted octanol–water partition coefficient (Wildman–Crippen LogP) is 2.92. The molecule has 0 saturated carbocycles. The summed E-state index contributed by atoms with van der Waals surface area (Å²) in [5, 5.41) is 11.3. The van der Waals surface area contributed by atoms with Crippen molar-refractivity contribution >= 4 is 0 Å². The molecule has 0 radical (unpaired) electrons. The number of rotatable bonds is 0. The second-order valence-electron chi connectivity index (χ2n) is 6.13. The van der Waals surface area contributed by atoms with Crippen LogP contribution in [0.5, 0.6) is 0 Å². The molecule has 0 fully saturated rings. The molecule has 0 unspecified atom stereocenters. The van der Waals surface area contributed by atoms with E-state index in [1.807, 2.05) is 6.07 Å². The van der Waals surface area contributed by atoms with Gasteiger partial charge in [-0.05, 0) is 16.4 Å². The SMILES string of the molecule is CC(C)(C)c1cc[n+]([O-])cc1C(C)(C)C. The summed E-state index contributed by atoms with van der Waals surface area (Å²) < 4.78 is 0.885. The first kappa shape index (κ1) is 12.0. The lowest BCUT2D eigenvalue weighted by molar-refractivity contribution is -0.606. The molecule has 0 aliphatic carbocycles. The van der Waals surface area contributed by atoms with E-state index in [-0.39, 0.29) is 10.8 Å². The van der Waals surface area contributed by atoms with Crippen molar-refractivity contribution in [2.75, 3.05) is 0 Å². The fourth-order valence-corrected chi connectivity index (χ4v) is 1.73. The molecule has 2 nitrogen and oxygen atoms in total. The Kier molecular flexibility index (Phi) is 2.81. The molecule has 0 aliphatic rings. The van der Waals surface area contributed by atoms with Gasteiger partial charge in [-0.15, -0.1) is 0 Å². The van der Waals surface area contributed by atoms with Gasteiger partial charge in [-0.25, -0.2) is 0 Å². The van der Waals surface area contributed by atoms with Crippen molar-refractivity contribution in [3.8, 4) is 0 Å². The Bertz CT molecular complexity index is 356. The zero-order valence-electron chi connectivity index (χ0n) is 10.6. The van der Waals surface area contributed by atoms with Crippen molar-refractivity contribution in [1.29, 1.82) is 0 Å². The maximum atomic E-state index is 11.3. The molecule has 0 saturated heterocycles. The van der Waals surface area contributed by atoms with Crippen LogP contribution in [0, 0.1) is 5.21 Å². The summed E-state index contributed by atoms with van der Waals surface area (Å²) in [7, 11) is 0. The van der Waals surface area contributed by atoms with E-state index in [0.29, 0.717) is 0 Å². The van der Waals surface area contributed by atoms with Crippen molar-refractivity contribution in [3.63, 3.8) is 0 Å². The van der Waals surface area contributed by atoms with Gasteiger partial charge in [0.15, 0.2) is 12.4 Å². The standard InChI is InChI=1S/C13H21NO/c1-12(2,3)10-7-8-14(15)9-11(10)13(4,5)6/h7-9H,1-6H3. The quantitative estimate of drug-likeness (QED) is 0.474. The average molecular weight is 207 g/mol. The van der Waals surface area contributed by atoms with Gasteiger partial charge in [0.25, 0.3) is 0 Å². The highest BCUT2D eigenvalue weighted by Gasteiger charge is 2.27. The summed E-state index contributed by atoms with van der Waals surface area (Å²) in [5.74, 6) is 0. The Labute approximate surface area is 92.5 Å². The molecular weight excluding hydrogens is 186 g/mol. The molecule has 1 rings (SSSR count). The molecule has 1 aromatic rings. The van der Waals surface area contributed by atoms with Gasteiger partial charge in [0.05, 0.1) is 0 Å². The third kappa shape index (κ3) is 2.71. The van der Waals surface area contributed by atoms with Crippen LogP contribution in [0.4, 0.5) is 0 Å². The maximum absolute atomic E-state index is 11.3. The Morgan fingerprint density at radius 3 is 1.80 bits per heavy atom. The first-order valence-corrected chi connectivity index (χ1v) is 5.36. The lowest BCUT2D eigenvalue weighted by Gasteiger charge is -2.28. The largest absolute Gasteiger partial charge is 0.619 e. The molecule has 0 aliphatic heterocycles. The third-order valence-electron chi connectivity index (χ3n) is 2.55. The Hall–Kier alpha value is -1.05. The van der Waals surface area contributed by atoms with E-state index in [1.54, 1.807) is 12.4 Å². The van der Waals surface area contributed by atoms with Crippen LogP contribution in [0.2, 0.25) is 0 Å². The number of pyridine rings is 1. The molecule has 0 amide bonds. The highest BCUT2D eigenvalue weighted by molar-refractivity contribution is 5.33. The van der Waals surface area contributed by atoms with Gasteiger partial charge in [0, 0.05) is 11.6 Å². The fraction of sp³-hybridized carbons (Fsp3) is 0.615. The molecule has 1 heterocycles. The average Bonchev–Trinajstić information content (AvgIpc) is 2.00. The van der Waals surface area contributed by atoms with E-state index in [9.17, 15) is 5.21 Å². The third-order valence-corrected chi connectivity index (χ3v) is 2.55. The van der Waals surface area contributed by atoms with Crippen LogP contribution in [-0.4, -0.2) is 0 Å². The summed E-state index contributed by atoms with van der Waals surface area (Å²) in [6, 6.07) is 1.94. The number of aromatic nitrogens is 1. The van der Waals surface area contributed by atoms with Crippen molar-refractivity contribution in [2.24, 2.45) is 0 Å². The van der Waals surface area contributed by atoms with E-state index in [4.69, 9.17) is 0 Å². The minimum atomic E-state index is 0.00995. The van der Waals surface area contributed by atoms with Crippen LogP contribution in [0.1, 0.15) is 52.7 Å². The molecule has 0 aromatic carbocycles. The van der Waals surface area contributed by atoms with Crippen LogP contribution >= 0.6 is 0 Å². The number of nitrogens with zero attached hydrogens (tertiary/aromatic N) is 1. The topological polar surface area (TPSA) is 26.9 Å². The second kappa shape index (κ2) is 3.51. The minimum absolute atomic E-state index is 0.00995. The molecule has 15 heavy (non-hydrogen) atoms. The van der Waals surface area contributed by atoms with E-state index in [0.717, 1.165) is 10.3 Å². The monoisotopic (exact) mass is 207 g/mol. The van der Waals surface area contributed by atoms with E-state index < -0.39 is 0 Å². The molecule has 0 bridgehead atoms. The van der Waals surface area contributed by atoms with E-state index >= 15 is 0 Å². The lowest BCUT2D eigenvalue weighted by atomic mass is 9.76. The van der Waals surface area contributed by atoms with Crippen LogP contribution in [0.25, 0.3) is 0 Å². The first-order chi connectivity index (χ1) is 6.62. The molecular formula is C13H21NO. The maximum Gasteiger partial charge on any atom is 0.184 e. The molecule has 2 heteroatoms. The highest BCUT2D eigenvalue weighted by Crippen LogP contribution is 2.32. The van der Waals surface area contributed by atoms with Crippen LogP contribution < -0.4 is 4.73 Å². The van der Waals surface area contributed by atoms with Gasteiger partial charge in [0.1, 0.15) is 0 Å². The minimum Gasteiger partial charge on any atom is -0.619 e. The van der Waals surface area contributed by atoms with Crippen LogP contribution in [0.3, 0.4) is 0 Å². The molecule has 0 N–H and O–H groups in total. The summed E-state index contributed by atoms with van der Waals surface area (Å²) in [4.78, 5) is 0. The van der Waals surface area contributed by atoms with Gasteiger partial charge in [-0.3, -0.25) is 0 Å². The van der Waals surface area contributed by atoms with Gasteiger partial charge in [-0.1, -0.05) is 41.5 Å². The summed E-state index contributed by atoms with van der Waals surface area (Å²) >= 11 is 0. The Morgan fingerprint density at radius 2 is 1.40 bits per heavy atom. The van der Waals surface area contributed by atoms with Gasteiger partial charge in [-0.2, -0.15) is 4.73 Å². The number of hydrogen-bond donors (Lipinski definition) is 0. The van der Waals surface area contributed by atoms with Crippen molar-refractivity contribution in [3.05, 3.63) is 34.8 Å². The van der Waals surface area contributed by atoms with Gasteiger partial charge in [0.2, 0.25) is 0 Å². The fourth-order valence-electron chi connectivity index (χ4n) is 1.73. The van der Waals surface area contributed by atoms with E-state index in [2.05, 4.69) is 41.5 Å². The molecule has 1 aromatic heterocycles. The first-order valence-electron chi connectivity index (χ1n) is 5.36. The summed E-state index contributed by atoms with van der Waals surface area (Å²) in [5.41, 5.74) is 2.47. The Balaban J connectivity index is 3.41. The van der Waals surface area contributed by atoms with Gasteiger partial charge >= 0.3 is 0 Å². The molecule has 84 valence electrons. The normalized spacial score (nSPS) is 12.9. The summed E-state index contributed by atoms with van der Waals surface area (Å²) in [6.45, 7) is 12.9. The van der Waals surface area contributed by atoms with Gasteiger partial charge < -0.3 is 5.21 Å². The molecule has 0 atom stereocenters. The predicted molar refractivity (Wildman–Crippen MR) is 62.8 cm³/mol. The highest BCUT2D eigenvalue weighted by atomic mass is 16.5. The van der Waals surface area contributed by atoms with Crippen LogP contribution in [0.15, 0.2) is 18.5 Å². The van der Waals surface area contributed by atoms with Crippen molar-refractivity contribution < 1.29 is 4.73 Å².